The summed E-state index contributed by atoms with van der Waals surface area (Å²) in [6.07, 6.45) is 3.67. The van der Waals surface area contributed by atoms with Gasteiger partial charge < -0.3 is 15.0 Å². The van der Waals surface area contributed by atoms with Crippen molar-refractivity contribution in [3.8, 4) is 0 Å². The third-order valence-corrected chi connectivity index (χ3v) is 6.66. The Morgan fingerprint density at radius 3 is 2.70 bits per heavy atom. The van der Waals surface area contributed by atoms with Crippen LogP contribution in [0.2, 0.25) is 5.02 Å². The maximum atomic E-state index is 13.6. The molecule has 4 rings (SSSR count). The summed E-state index contributed by atoms with van der Waals surface area (Å²) in [6.45, 7) is 1.34. The Bertz CT molecular complexity index is 940. The van der Waals surface area contributed by atoms with E-state index in [0.29, 0.717) is 30.3 Å². The summed E-state index contributed by atoms with van der Waals surface area (Å²) in [4.78, 5) is 28.9. The number of methoxy groups -OCH3 is 1. The maximum Gasteiger partial charge on any atom is 0.254 e. The highest BCUT2D eigenvalue weighted by Crippen LogP contribution is 2.50. The topological polar surface area (TPSA) is 58.6 Å². The number of ether oxygens (including phenoxy) is 1. The molecule has 1 N–H and O–H groups in total. The zero-order chi connectivity index (χ0) is 21.1. The molecule has 0 radical (unpaired) electrons. The van der Waals surface area contributed by atoms with Crippen LogP contribution in [0.5, 0.6) is 0 Å². The van der Waals surface area contributed by atoms with Crippen molar-refractivity contribution in [3.05, 3.63) is 70.2 Å². The number of nitrogens with one attached hydrogen (secondary N) is 1. The van der Waals surface area contributed by atoms with Gasteiger partial charge in [-0.25, -0.2) is 0 Å². The largest absolute Gasteiger partial charge is 0.383 e. The van der Waals surface area contributed by atoms with Gasteiger partial charge >= 0.3 is 0 Å². The molecule has 2 aromatic rings. The summed E-state index contributed by atoms with van der Waals surface area (Å²) in [6, 6.07) is 15.0. The van der Waals surface area contributed by atoms with Crippen LogP contribution in [0.1, 0.15) is 53.1 Å². The highest BCUT2D eigenvalue weighted by atomic mass is 35.5. The molecule has 2 aromatic carbocycles. The molecule has 2 amide bonds. The summed E-state index contributed by atoms with van der Waals surface area (Å²) in [5.41, 5.74) is 1.91. The Hall–Kier alpha value is -2.37. The first kappa shape index (κ1) is 20.9. The molecule has 0 bridgehead atoms. The number of hydrogen-bond acceptors (Lipinski definition) is 3. The Morgan fingerprint density at radius 1 is 1.20 bits per heavy atom. The van der Waals surface area contributed by atoms with Gasteiger partial charge in [0.25, 0.3) is 5.91 Å². The van der Waals surface area contributed by atoms with E-state index in [9.17, 15) is 9.59 Å². The highest BCUT2D eigenvalue weighted by molar-refractivity contribution is 6.30. The number of halogens is 1. The molecule has 1 aliphatic heterocycles. The summed E-state index contributed by atoms with van der Waals surface area (Å²) in [5.74, 6) is -0.437. The number of rotatable bonds is 6. The van der Waals surface area contributed by atoms with Gasteiger partial charge in [-0.1, -0.05) is 54.8 Å². The number of hydrogen-bond donors (Lipinski definition) is 1. The molecular formula is C24H27ClN2O3. The van der Waals surface area contributed by atoms with Crippen molar-refractivity contribution in [2.75, 3.05) is 20.3 Å². The van der Waals surface area contributed by atoms with Gasteiger partial charge in [-0.15, -0.1) is 0 Å². The molecule has 0 aromatic heterocycles. The van der Waals surface area contributed by atoms with Crippen LogP contribution in [-0.2, 0) is 16.1 Å². The van der Waals surface area contributed by atoms with E-state index in [1.807, 2.05) is 53.4 Å². The van der Waals surface area contributed by atoms with Gasteiger partial charge in [0.05, 0.1) is 18.1 Å². The van der Waals surface area contributed by atoms with E-state index in [1.165, 1.54) is 0 Å². The first-order chi connectivity index (χ1) is 14.6. The molecule has 1 aliphatic carbocycles. The molecule has 1 atom stereocenters. The molecule has 30 heavy (non-hydrogen) atoms. The number of amides is 2. The van der Waals surface area contributed by atoms with Gasteiger partial charge in [-0.3, -0.25) is 9.59 Å². The fourth-order valence-electron chi connectivity index (χ4n) is 5.11. The molecule has 1 saturated carbocycles. The van der Waals surface area contributed by atoms with Crippen LogP contribution in [-0.4, -0.2) is 42.5 Å². The fourth-order valence-corrected chi connectivity index (χ4v) is 5.33. The van der Waals surface area contributed by atoms with E-state index >= 15 is 0 Å². The van der Waals surface area contributed by atoms with E-state index in [0.717, 1.165) is 36.8 Å². The standard InChI is InChI=1S/C24H27ClN2O3/c1-30-14-13-27-23(29)20-10-3-2-9-19(20)21(24(27)11-4-5-12-24)22(28)26-16-17-7-6-8-18(25)15-17/h2-3,6-10,15,21H,4-5,11-14,16H2,1H3,(H,26,28)/t21-/m1/s1. The van der Waals surface area contributed by atoms with Crippen LogP contribution in [0, 0.1) is 0 Å². The predicted octanol–water partition coefficient (Wildman–Crippen LogP) is 4.16. The van der Waals surface area contributed by atoms with Gasteiger partial charge in [0, 0.05) is 30.8 Å². The monoisotopic (exact) mass is 426 g/mol. The molecule has 6 heteroatoms. The number of carbonyl (C=O) groups excluding carboxylic acids is 2. The van der Waals surface area contributed by atoms with Gasteiger partial charge in [0.2, 0.25) is 5.91 Å². The molecule has 1 spiro atoms. The van der Waals surface area contributed by atoms with Crippen molar-refractivity contribution in [2.45, 2.75) is 43.7 Å². The van der Waals surface area contributed by atoms with Gasteiger partial charge in [-0.05, 0) is 42.2 Å². The smallest absolute Gasteiger partial charge is 0.254 e. The van der Waals surface area contributed by atoms with Crippen molar-refractivity contribution >= 4 is 23.4 Å². The molecular weight excluding hydrogens is 400 g/mol. The lowest BCUT2D eigenvalue weighted by Crippen LogP contribution is -2.61. The Balaban J connectivity index is 1.70. The van der Waals surface area contributed by atoms with E-state index in [1.54, 1.807) is 7.11 Å². The van der Waals surface area contributed by atoms with Crippen molar-refractivity contribution in [2.24, 2.45) is 0 Å². The average molecular weight is 427 g/mol. The second-order valence-corrected chi connectivity index (χ2v) is 8.56. The Morgan fingerprint density at radius 2 is 1.97 bits per heavy atom. The van der Waals surface area contributed by atoms with Crippen molar-refractivity contribution in [1.29, 1.82) is 0 Å². The maximum absolute atomic E-state index is 13.6. The molecule has 5 nitrogen and oxygen atoms in total. The zero-order valence-corrected chi connectivity index (χ0v) is 18.0. The summed E-state index contributed by atoms with van der Waals surface area (Å²) in [7, 11) is 1.64. The normalized spacial score (nSPS) is 19.7. The minimum absolute atomic E-state index is 0.00319. The van der Waals surface area contributed by atoms with Crippen LogP contribution < -0.4 is 5.32 Å². The molecule has 158 valence electrons. The second kappa shape index (κ2) is 8.78. The SMILES string of the molecule is COCCN1C(=O)c2ccccc2[C@H](C(=O)NCc2cccc(Cl)c2)C12CCCC2. The summed E-state index contributed by atoms with van der Waals surface area (Å²) in [5, 5.41) is 3.76. The molecule has 2 aliphatic rings. The quantitative estimate of drug-likeness (QED) is 0.754. The first-order valence-corrected chi connectivity index (χ1v) is 10.9. The van der Waals surface area contributed by atoms with Crippen molar-refractivity contribution in [1.82, 2.24) is 10.2 Å². The third kappa shape index (κ3) is 3.72. The van der Waals surface area contributed by atoms with Gasteiger partial charge in [0.1, 0.15) is 0 Å². The number of benzene rings is 2. The number of nitrogens with zero attached hydrogens (tertiary/aromatic N) is 1. The lowest BCUT2D eigenvalue weighted by atomic mass is 9.71. The first-order valence-electron chi connectivity index (χ1n) is 10.5. The predicted molar refractivity (Wildman–Crippen MR) is 117 cm³/mol. The fraction of sp³-hybridized carbons (Fsp3) is 0.417. The molecule has 1 fully saturated rings. The third-order valence-electron chi connectivity index (χ3n) is 6.43. The number of fused-ring (bicyclic) bond motifs is 1. The van der Waals surface area contributed by atoms with Crippen molar-refractivity contribution < 1.29 is 14.3 Å². The Labute approximate surface area is 182 Å². The summed E-state index contributed by atoms with van der Waals surface area (Å²) < 4.78 is 5.29. The van der Waals surface area contributed by atoms with E-state index in [4.69, 9.17) is 16.3 Å². The molecule has 0 saturated heterocycles. The average Bonchev–Trinajstić information content (AvgIpc) is 3.22. The van der Waals surface area contributed by atoms with Crippen LogP contribution >= 0.6 is 11.6 Å². The number of carbonyl (C=O) groups is 2. The van der Waals surface area contributed by atoms with Crippen LogP contribution in [0.4, 0.5) is 0 Å². The minimum atomic E-state index is -0.498. The lowest BCUT2D eigenvalue weighted by molar-refractivity contribution is -0.126. The van der Waals surface area contributed by atoms with Gasteiger partial charge in [0.15, 0.2) is 0 Å². The van der Waals surface area contributed by atoms with Crippen LogP contribution in [0.25, 0.3) is 0 Å². The van der Waals surface area contributed by atoms with E-state index in [-0.39, 0.29) is 11.8 Å². The highest BCUT2D eigenvalue weighted by Gasteiger charge is 2.55. The second-order valence-electron chi connectivity index (χ2n) is 8.13. The van der Waals surface area contributed by atoms with E-state index in [2.05, 4.69) is 5.32 Å². The van der Waals surface area contributed by atoms with Crippen molar-refractivity contribution in [3.63, 3.8) is 0 Å². The lowest BCUT2D eigenvalue weighted by Gasteiger charge is -2.50. The van der Waals surface area contributed by atoms with Gasteiger partial charge in [-0.2, -0.15) is 0 Å². The summed E-state index contributed by atoms with van der Waals surface area (Å²) >= 11 is 6.09. The molecule has 0 unspecified atom stereocenters. The van der Waals surface area contributed by atoms with Crippen LogP contribution in [0.3, 0.4) is 0 Å². The zero-order valence-electron chi connectivity index (χ0n) is 17.2. The van der Waals surface area contributed by atoms with E-state index < -0.39 is 11.5 Å². The Kier molecular flexibility index (Phi) is 6.11. The van der Waals surface area contributed by atoms with Crippen LogP contribution in [0.15, 0.2) is 48.5 Å². The molecule has 1 heterocycles. The minimum Gasteiger partial charge on any atom is -0.383 e.